The van der Waals surface area contributed by atoms with Crippen LogP contribution in [-0.4, -0.2) is 38.2 Å². The fraction of sp³-hybridized carbons (Fsp3) is 0.269. The van der Waals surface area contributed by atoms with Gasteiger partial charge in [0.2, 0.25) is 6.79 Å². The lowest BCUT2D eigenvalue weighted by atomic mass is 9.95. The summed E-state index contributed by atoms with van der Waals surface area (Å²) in [5, 5.41) is 0. The second-order valence-corrected chi connectivity index (χ2v) is 9.01. The number of fused-ring (bicyclic) bond motifs is 2. The minimum atomic E-state index is -0.746. The van der Waals surface area contributed by atoms with Crippen molar-refractivity contribution in [2.45, 2.75) is 19.9 Å². The molecular weight excluding hydrogens is 484 g/mol. The summed E-state index contributed by atoms with van der Waals surface area (Å²) in [7, 11) is 3.10. The first kappa shape index (κ1) is 23.7. The van der Waals surface area contributed by atoms with Gasteiger partial charge in [-0.3, -0.25) is 9.36 Å². The van der Waals surface area contributed by atoms with E-state index in [0.29, 0.717) is 54.7 Å². The van der Waals surface area contributed by atoms with Crippen molar-refractivity contribution in [1.82, 2.24) is 4.57 Å². The third kappa shape index (κ3) is 3.93. The molecule has 36 heavy (non-hydrogen) atoms. The summed E-state index contributed by atoms with van der Waals surface area (Å²) >= 11 is 1.23. The number of esters is 1. The van der Waals surface area contributed by atoms with Crippen LogP contribution < -0.4 is 33.8 Å². The van der Waals surface area contributed by atoms with E-state index in [1.165, 1.54) is 15.9 Å². The van der Waals surface area contributed by atoms with E-state index in [1.807, 2.05) is 18.2 Å². The molecule has 1 aromatic heterocycles. The van der Waals surface area contributed by atoms with Crippen LogP contribution in [0, 0.1) is 0 Å². The minimum Gasteiger partial charge on any atom is -0.493 e. The smallest absolute Gasteiger partial charge is 0.338 e. The molecule has 0 N–H and O–H groups in total. The van der Waals surface area contributed by atoms with E-state index in [1.54, 1.807) is 52.3 Å². The number of carbonyl (C=O) groups excluding carboxylic acids is 1. The van der Waals surface area contributed by atoms with Crippen LogP contribution in [0.3, 0.4) is 0 Å². The molecule has 0 saturated heterocycles. The summed E-state index contributed by atoms with van der Waals surface area (Å²) in [5.41, 5.74) is 1.86. The third-order valence-corrected chi connectivity index (χ3v) is 6.93. The highest BCUT2D eigenvalue weighted by Crippen LogP contribution is 2.38. The molecule has 186 valence electrons. The Kier molecular flexibility index (Phi) is 6.27. The van der Waals surface area contributed by atoms with Crippen molar-refractivity contribution in [3.63, 3.8) is 0 Å². The Morgan fingerprint density at radius 2 is 2.00 bits per heavy atom. The van der Waals surface area contributed by atoms with Gasteiger partial charge in [0.05, 0.1) is 42.7 Å². The van der Waals surface area contributed by atoms with Crippen molar-refractivity contribution in [3.05, 3.63) is 78.5 Å². The molecule has 3 aromatic rings. The van der Waals surface area contributed by atoms with Gasteiger partial charge in [0.25, 0.3) is 5.56 Å². The zero-order valence-corrected chi connectivity index (χ0v) is 21.0. The third-order valence-electron chi connectivity index (χ3n) is 5.95. The first-order valence-corrected chi connectivity index (χ1v) is 12.1. The van der Waals surface area contributed by atoms with E-state index in [4.69, 9.17) is 23.7 Å². The van der Waals surface area contributed by atoms with Crippen LogP contribution in [0.5, 0.6) is 23.0 Å². The van der Waals surface area contributed by atoms with Crippen molar-refractivity contribution in [2.24, 2.45) is 4.99 Å². The van der Waals surface area contributed by atoms with E-state index >= 15 is 0 Å². The van der Waals surface area contributed by atoms with E-state index in [0.717, 1.165) is 0 Å². The fourth-order valence-corrected chi connectivity index (χ4v) is 5.39. The van der Waals surface area contributed by atoms with Gasteiger partial charge in [-0.15, -0.1) is 0 Å². The Labute approximate surface area is 210 Å². The van der Waals surface area contributed by atoms with Crippen molar-refractivity contribution >= 4 is 23.4 Å². The molecule has 5 rings (SSSR count). The number of hydrogen-bond donors (Lipinski definition) is 0. The second-order valence-electron chi connectivity index (χ2n) is 8.00. The lowest BCUT2D eigenvalue weighted by Gasteiger charge is -2.24. The maximum Gasteiger partial charge on any atom is 0.338 e. The molecule has 1 atom stereocenters. The second kappa shape index (κ2) is 9.54. The van der Waals surface area contributed by atoms with Gasteiger partial charge in [-0.25, -0.2) is 9.79 Å². The molecule has 0 bridgehead atoms. The first-order valence-electron chi connectivity index (χ1n) is 11.3. The van der Waals surface area contributed by atoms with Gasteiger partial charge >= 0.3 is 5.97 Å². The molecule has 0 radical (unpaired) electrons. The van der Waals surface area contributed by atoms with E-state index in [2.05, 4.69) is 4.99 Å². The summed E-state index contributed by atoms with van der Waals surface area (Å²) in [4.78, 5) is 31.9. The van der Waals surface area contributed by atoms with Crippen LogP contribution in [0.1, 0.15) is 31.0 Å². The Morgan fingerprint density at radius 1 is 1.19 bits per heavy atom. The van der Waals surface area contributed by atoms with Crippen LogP contribution in [0.15, 0.2) is 57.5 Å². The van der Waals surface area contributed by atoms with Gasteiger partial charge < -0.3 is 23.7 Å². The SMILES string of the molecule is CCOC(=O)C1=C(C)N=c2s/c(=C/c3cccc(OC)c3OC)c(=O)n2[C@H]1c1ccc2c(c1)OCO2. The van der Waals surface area contributed by atoms with Crippen LogP contribution in [0.2, 0.25) is 0 Å². The highest BCUT2D eigenvalue weighted by Gasteiger charge is 2.34. The number of rotatable bonds is 6. The molecule has 0 fully saturated rings. The Bertz CT molecular complexity index is 1570. The van der Waals surface area contributed by atoms with Gasteiger partial charge in [-0.2, -0.15) is 0 Å². The van der Waals surface area contributed by atoms with E-state index in [9.17, 15) is 9.59 Å². The Balaban J connectivity index is 1.73. The van der Waals surface area contributed by atoms with Crippen molar-refractivity contribution in [3.8, 4) is 23.0 Å². The molecule has 0 spiro atoms. The quantitative estimate of drug-likeness (QED) is 0.472. The average Bonchev–Trinajstić information content (AvgIpc) is 3.46. The predicted molar refractivity (Wildman–Crippen MR) is 133 cm³/mol. The van der Waals surface area contributed by atoms with Crippen LogP contribution >= 0.6 is 11.3 Å². The molecule has 2 aliphatic heterocycles. The Morgan fingerprint density at radius 3 is 2.75 bits per heavy atom. The average molecular weight is 509 g/mol. The number of aromatic nitrogens is 1. The largest absolute Gasteiger partial charge is 0.493 e. The van der Waals surface area contributed by atoms with Gasteiger partial charge in [-0.1, -0.05) is 29.5 Å². The van der Waals surface area contributed by atoms with Gasteiger partial charge in [0, 0.05) is 5.56 Å². The maximum atomic E-state index is 13.8. The topological polar surface area (TPSA) is 97.6 Å². The number of hydrogen-bond acceptors (Lipinski definition) is 9. The zero-order chi connectivity index (χ0) is 25.4. The standard InChI is InChI=1S/C26H24N2O7S/c1-5-33-25(30)21-14(2)27-26-28(22(21)15-9-10-17-19(11-15)35-13-34-17)24(29)20(36-26)12-16-7-6-8-18(31-3)23(16)32-4/h6-12,22H,5,13H2,1-4H3/b20-12+/t22-/m0/s1. The van der Waals surface area contributed by atoms with Crippen molar-refractivity contribution < 1.29 is 28.5 Å². The molecular formula is C26H24N2O7S. The normalized spacial score (nSPS) is 16.4. The number of thiazole rings is 1. The molecule has 0 saturated carbocycles. The number of ether oxygens (including phenoxy) is 5. The molecule has 9 nitrogen and oxygen atoms in total. The van der Waals surface area contributed by atoms with Gasteiger partial charge in [-0.05, 0) is 43.7 Å². The van der Waals surface area contributed by atoms with Crippen LogP contribution in [0.4, 0.5) is 0 Å². The summed E-state index contributed by atoms with van der Waals surface area (Å²) in [6.07, 6.45) is 1.74. The van der Waals surface area contributed by atoms with Crippen LogP contribution in [-0.2, 0) is 9.53 Å². The van der Waals surface area contributed by atoms with E-state index < -0.39 is 12.0 Å². The lowest BCUT2D eigenvalue weighted by molar-refractivity contribution is -0.139. The fourth-order valence-electron chi connectivity index (χ4n) is 4.36. The van der Waals surface area contributed by atoms with Gasteiger partial charge in [0.1, 0.15) is 0 Å². The monoisotopic (exact) mass is 508 g/mol. The number of para-hydroxylation sites is 1. The predicted octanol–water partition coefficient (Wildman–Crippen LogP) is 2.54. The van der Waals surface area contributed by atoms with Crippen LogP contribution in [0.25, 0.3) is 6.08 Å². The summed E-state index contributed by atoms with van der Waals surface area (Å²) in [6, 6.07) is 10.1. The number of benzene rings is 2. The molecule has 0 amide bonds. The molecule has 3 heterocycles. The van der Waals surface area contributed by atoms with Crippen molar-refractivity contribution in [2.75, 3.05) is 27.6 Å². The minimum absolute atomic E-state index is 0.115. The lowest BCUT2D eigenvalue weighted by Crippen LogP contribution is -2.39. The summed E-state index contributed by atoms with van der Waals surface area (Å²) < 4.78 is 29.2. The van der Waals surface area contributed by atoms with E-state index in [-0.39, 0.29) is 19.0 Å². The van der Waals surface area contributed by atoms with Crippen molar-refractivity contribution in [1.29, 1.82) is 0 Å². The number of methoxy groups -OCH3 is 2. The molecule has 0 unspecified atom stereocenters. The zero-order valence-electron chi connectivity index (χ0n) is 20.2. The highest BCUT2D eigenvalue weighted by atomic mass is 32.1. The molecule has 10 heteroatoms. The molecule has 2 aliphatic rings. The Hall–Kier alpha value is -4.05. The number of allylic oxidation sites excluding steroid dienone is 1. The molecule has 0 aliphatic carbocycles. The van der Waals surface area contributed by atoms with Gasteiger partial charge in [0.15, 0.2) is 27.8 Å². The molecule has 2 aromatic carbocycles. The summed E-state index contributed by atoms with van der Waals surface area (Å²) in [5.74, 6) is 1.70. The highest BCUT2D eigenvalue weighted by molar-refractivity contribution is 7.07. The summed E-state index contributed by atoms with van der Waals surface area (Å²) in [6.45, 7) is 3.79. The number of carbonyl (C=O) groups is 1. The maximum absolute atomic E-state index is 13.8. The number of nitrogens with zero attached hydrogens (tertiary/aromatic N) is 2. The first-order chi connectivity index (χ1) is 17.5.